The van der Waals surface area contributed by atoms with Crippen LogP contribution < -0.4 is 0 Å². The fourth-order valence-corrected chi connectivity index (χ4v) is 3.07. The molecule has 130 valence electrons. The van der Waals surface area contributed by atoms with Crippen molar-refractivity contribution in [2.24, 2.45) is 0 Å². The monoisotopic (exact) mass is 340 g/mol. The summed E-state index contributed by atoms with van der Waals surface area (Å²) in [5.41, 5.74) is 1.94. The predicted molar refractivity (Wildman–Crippen MR) is 89.5 cm³/mol. The zero-order valence-electron chi connectivity index (χ0n) is 13.7. The van der Waals surface area contributed by atoms with Crippen molar-refractivity contribution in [3.63, 3.8) is 0 Å². The molecule has 2 saturated heterocycles. The summed E-state index contributed by atoms with van der Waals surface area (Å²) in [4.78, 5) is 12.3. The van der Waals surface area contributed by atoms with Gasteiger partial charge in [-0.05, 0) is 5.56 Å². The van der Waals surface area contributed by atoms with Crippen molar-refractivity contribution in [3.05, 3.63) is 71.8 Å². The van der Waals surface area contributed by atoms with Crippen LogP contribution >= 0.6 is 0 Å². The van der Waals surface area contributed by atoms with E-state index in [0.717, 1.165) is 11.1 Å². The van der Waals surface area contributed by atoms with Gasteiger partial charge in [-0.15, -0.1) is 0 Å². The lowest BCUT2D eigenvalue weighted by Gasteiger charge is -2.41. The Kier molecular flexibility index (Phi) is 4.90. The number of ketones is 1. The van der Waals surface area contributed by atoms with Gasteiger partial charge >= 0.3 is 0 Å². The largest absolute Gasteiger partial charge is 0.346 e. The van der Waals surface area contributed by atoms with E-state index in [2.05, 4.69) is 0 Å². The van der Waals surface area contributed by atoms with Crippen LogP contribution in [0.3, 0.4) is 0 Å². The fraction of sp³-hybridized carbons (Fsp3) is 0.350. The van der Waals surface area contributed by atoms with Crippen LogP contribution in [-0.2, 0) is 30.3 Å². The first-order chi connectivity index (χ1) is 12.3. The van der Waals surface area contributed by atoms with E-state index < -0.39 is 12.6 Å². The summed E-state index contributed by atoms with van der Waals surface area (Å²) in [6.45, 7) is 0.714. The van der Waals surface area contributed by atoms with Gasteiger partial charge in [0.1, 0.15) is 6.10 Å². The molecule has 0 N–H and O–H groups in total. The molecule has 2 aliphatic rings. The van der Waals surface area contributed by atoms with Crippen LogP contribution in [0.5, 0.6) is 0 Å². The highest BCUT2D eigenvalue weighted by molar-refractivity contribution is 5.83. The molecule has 2 fully saturated rings. The molecule has 0 spiro atoms. The first-order valence-electron chi connectivity index (χ1n) is 8.45. The molecule has 2 heterocycles. The fourth-order valence-electron chi connectivity index (χ4n) is 3.07. The second-order valence-electron chi connectivity index (χ2n) is 6.22. The lowest BCUT2D eigenvalue weighted by atomic mass is 10.0. The molecule has 2 aliphatic heterocycles. The quantitative estimate of drug-likeness (QED) is 0.856. The highest BCUT2D eigenvalue weighted by Crippen LogP contribution is 2.32. The topological polar surface area (TPSA) is 54.0 Å². The van der Waals surface area contributed by atoms with Crippen LogP contribution in [0.25, 0.3) is 0 Å². The van der Waals surface area contributed by atoms with Crippen molar-refractivity contribution >= 4 is 5.78 Å². The molecule has 0 saturated carbocycles. The number of benzene rings is 2. The molecule has 0 radical (unpaired) electrons. The first kappa shape index (κ1) is 16.4. The third-order valence-electron chi connectivity index (χ3n) is 4.40. The van der Waals surface area contributed by atoms with E-state index in [-0.39, 0.29) is 24.4 Å². The zero-order chi connectivity index (χ0) is 17.1. The third kappa shape index (κ3) is 3.80. The van der Waals surface area contributed by atoms with Gasteiger partial charge in [-0.1, -0.05) is 60.7 Å². The van der Waals surface area contributed by atoms with Gasteiger partial charge in [0.2, 0.25) is 6.29 Å². The molecule has 5 nitrogen and oxygen atoms in total. The summed E-state index contributed by atoms with van der Waals surface area (Å²) in [7, 11) is 0. The first-order valence-corrected chi connectivity index (χ1v) is 8.45. The molecule has 0 aromatic heterocycles. The van der Waals surface area contributed by atoms with Crippen molar-refractivity contribution in [1.29, 1.82) is 0 Å². The van der Waals surface area contributed by atoms with E-state index in [0.29, 0.717) is 13.2 Å². The number of hydrogen-bond donors (Lipinski definition) is 0. The standard InChI is InChI=1S/C20H20O5/c21-16-11-17-18(13-23-19(24-17)15-9-5-2-6-10-15)25-20(16)22-12-14-7-3-1-4-8-14/h1-10,17-20H,11-13H2/t17-,18+,19+,20+/m0/s1. The van der Waals surface area contributed by atoms with Crippen molar-refractivity contribution in [1.82, 2.24) is 0 Å². The summed E-state index contributed by atoms with van der Waals surface area (Å²) in [5.74, 6) is -0.0918. The van der Waals surface area contributed by atoms with E-state index in [1.165, 1.54) is 0 Å². The molecular formula is C20H20O5. The van der Waals surface area contributed by atoms with E-state index in [1.54, 1.807) is 0 Å². The Hall–Kier alpha value is -2.05. The average Bonchev–Trinajstić information content (AvgIpc) is 2.67. The number of ether oxygens (including phenoxy) is 4. The van der Waals surface area contributed by atoms with Gasteiger partial charge < -0.3 is 18.9 Å². The van der Waals surface area contributed by atoms with Gasteiger partial charge in [0.15, 0.2) is 12.1 Å². The maximum Gasteiger partial charge on any atom is 0.218 e. The SMILES string of the molecule is O=C1C[C@@H]2O[C@H](c3ccccc3)OC[C@H]2O[C@H]1OCc1ccccc1. The Bertz CT molecular complexity index is 703. The number of carbonyl (C=O) groups excluding carboxylic acids is 1. The Balaban J connectivity index is 1.35. The minimum atomic E-state index is -0.859. The minimum Gasteiger partial charge on any atom is -0.346 e. The summed E-state index contributed by atoms with van der Waals surface area (Å²) >= 11 is 0. The minimum absolute atomic E-state index is 0.0918. The number of carbonyl (C=O) groups is 1. The van der Waals surface area contributed by atoms with Crippen LogP contribution in [0.15, 0.2) is 60.7 Å². The summed E-state index contributed by atoms with van der Waals surface area (Å²) in [5, 5.41) is 0. The lowest BCUT2D eigenvalue weighted by molar-refractivity contribution is -0.304. The van der Waals surface area contributed by atoms with E-state index >= 15 is 0 Å². The summed E-state index contributed by atoms with van der Waals surface area (Å²) in [6.07, 6.45) is -1.64. The Labute approximate surface area is 146 Å². The molecule has 4 rings (SSSR count). The maximum absolute atomic E-state index is 12.3. The van der Waals surface area contributed by atoms with Gasteiger partial charge in [-0.3, -0.25) is 4.79 Å². The number of fused-ring (bicyclic) bond motifs is 1. The molecule has 0 unspecified atom stereocenters. The number of hydrogen-bond acceptors (Lipinski definition) is 5. The van der Waals surface area contributed by atoms with Crippen LogP contribution in [0.2, 0.25) is 0 Å². The van der Waals surface area contributed by atoms with Crippen molar-refractivity contribution in [2.75, 3.05) is 6.61 Å². The molecule has 2 aromatic carbocycles. The molecule has 2 aromatic rings. The van der Waals surface area contributed by atoms with Crippen molar-refractivity contribution in [3.8, 4) is 0 Å². The van der Waals surface area contributed by atoms with Gasteiger partial charge in [-0.2, -0.15) is 0 Å². The van der Waals surface area contributed by atoms with Crippen molar-refractivity contribution < 1.29 is 23.7 Å². The molecular weight excluding hydrogens is 320 g/mol. The highest BCUT2D eigenvalue weighted by atomic mass is 16.7. The van der Waals surface area contributed by atoms with Crippen molar-refractivity contribution in [2.45, 2.75) is 37.8 Å². The van der Waals surface area contributed by atoms with E-state index in [1.807, 2.05) is 60.7 Å². The van der Waals surface area contributed by atoms with E-state index in [4.69, 9.17) is 18.9 Å². The molecule has 4 atom stereocenters. The molecule has 0 bridgehead atoms. The normalized spacial score (nSPS) is 29.2. The average molecular weight is 340 g/mol. The number of rotatable bonds is 4. The maximum atomic E-state index is 12.3. The van der Waals surface area contributed by atoms with Crippen LogP contribution in [0.1, 0.15) is 23.8 Å². The molecule has 25 heavy (non-hydrogen) atoms. The second-order valence-corrected chi connectivity index (χ2v) is 6.22. The van der Waals surface area contributed by atoms with Gasteiger partial charge in [0.05, 0.1) is 19.3 Å². The van der Waals surface area contributed by atoms with Gasteiger partial charge in [0, 0.05) is 12.0 Å². The van der Waals surface area contributed by atoms with Crippen LogP contribution in [0.4, 0.5) is 0 Å². The van der Waals surface area contributed by atoms with Gasteiger partial charge in [0.25, 0.3) is 0 Å². The molecule has 0 aliphatic carbocycles. The third-order valence-corrected chi connectivity index (χ3v) is 4.40. The zero-order valence-corrected chi connectivity index (χ0v) is 13.7. The summed E-state index contributed by atoms with van der Waals surface area (Å²) < 4.78 is 23.1. The molecule has 0 amide bonds. The van der Waals surface area contributed by atoms with Crippen LogP contribution in [-0.4, -0.2) is 30.9 Å². The summed E-state index contributed by atoms with van der Waals surface area (Å²) in [6, 6.07) is 19.4. The number of Topliss-reactive ketones (excluding diaryl/α,β-unsaturated/α-hetero) is 1. The lowest BCUT2D eigenvalue weighted by Crippen LogP contribution is -2.52. The molecule has 5 heteroatoms. The second kappa shape index (κ2) is 7.45. The predicted octanol–water partition coefficient (Wildman–Crippen LogP) is 3.00. The van der Waals surface area contributed by atoms with Gasteiger partial charge in [-0.25, -0.2) is 0 Å². The Morgan fingerprint density at radius 2 is 1.64 bits per heavy atom. The Morgan fingerprint density at radius 1 is 0.920 bits per heavy atom. The highest BCUT2D eigenvalue weighted by Gasteiger charge is 2.42. The van der Waals surface area contributed by atoms with Crippen LogP contribution in [0, 0.1) is 0 Å². The Morgan fingerprint density at radius 3 is 2.40 bits per heavy atom. The van der Waals surface area contributed by atoms with E-state index in [9.17, 15) is 4.79 Å². The smallest absolute Gasteiger partial charge is 0.218 e.